The number of ether oxygens (including phenoxy) is 1. The summed E-state index contributed by atoms with van der Waals surface area (Å²) in [5.74, 6) is -0.520. The highest BCUT2D eigenvalue weighted by Gasteiger charge is 2.35. The molecule has 0 unspecified atom stereocenters. The van der Waals surface area contributed by atoms with E-state index in [2.05, 4.69) is 0 Å². The fraction of sp³-hybridized carbons (Fsp3) is 0.350. The van der Waals surface area contributed by atoms with Gasteiger partial charge in [-0.15, -0.1) is 0 Å². The van der Waals surface area contributed by atoms with Crippen molar-refractivity contribution in [2.24, 2.45) is 0 Å². The molecule has 0 aliphatic carbocycles. The summed E-state index contributed by atoms with van der Waals surface area (Å²) in [6, 6.07) is 13.0. The summed E-state index contributed by atoms with van der Waals surface area (Å²) in [7, 11) is -2.41. The van der Waals surface area contributed by atoms with Crippen LogP contribution in [0.4, 0.5) is 0 Å². The van der Waals surface area contributed by atoms with Crippen molar-refractivity contribution in [1.82, 2.24) is 4.31 Å². The smallest absolute Gasteiger partial charge is 0.338 e. The predicted molar refractivity (Wildman–Crippen MR) is 99.6 cm³/mol. The van der Waals surface area contributed by atoms with E-state index < -0.39 is 28.4 Å². The number of methoxy groups -OCH3 is 1. The molecule has 6 heteroatoms. The second-order valence-electron chi connectivity index (χ2n) is 6.38. The van der Waals surface area contributed by atoms with Gasteiger partial charge in [-0.3, -0.25) is 0 Å². The highest BCUT2D eigenvalue weighted by molar-refractivity contribution is 7.89. The molecule has 0 amide bonds. The molecule has 1 fully saturated rings. The van der Waals surface area contributed by atoms with Crippen LogP contribution in [0, 0.1) is 6.92 Å². The molecule has 3 rings (SSSR count). The van der Waals surface area contributed by atoms with E-state index in [1.54, 1.807) is 48.5 Å². The third-order valence-corrected chi connectivity index (χ3v) is 6.55. The number of nitrogens with zero attached hydrogens (tertiary/aromatic N) is 1. The second kappa shape index (κ2) is 7.60. The summed E-state index contributed by atoms with van der Waals surface area (Å²) >= 11 is 0. The highest BCUT2D eigenvalue weighted by Crippen LogP contribution is 2.29. The van der Waals surface area contributed by atoms with Crippen molar-refractivity contribution >= 4 is 16.0 Å². The standard InChI is InChI=1S/C20H23NO4S/c1-15-9-11-18(12-10-15)26(23,24)21-13-5-7-17(21)14-16-6-3-4-8-19(16)20(22)25-2/h3-4,6,8-12,17H,5,7,13-14H2,1-2H3/t17-/m0/s1/i14D/t14-,17-. The van der Waals surface area contributed by atoms with Gasteiger partial charge in [-0.2, -0.15) is 4.31 Å². The van der Waals surface area contributed by atoms with Crippen LogP contribution in [-0.2, 0) is 21.2 Å². The molecule has 0 radical (unpaired) electrons. The van der Waals surface area contributed by atoms with Gasteiger partial charge in [0.05, 0.1) is 17.6 Å². The number of esters is 1. The van der Waals surface area contributed by atoms with Crippen molar-refractivity contribution in [2.45, 2.75) is 37.1 Å². The molecule has 0 spiro atoms. The largest absolute Gasteiger partial charge is 0.465 e. The Kier molecular flexibility index (Phi) is 5.04. The Balaban J connectivity index is 1.95. The molecule has 0 aromatic heterocycles. The van der Waals surface area contributed by atoms with Gasteiger partial charge < -0.3 is 4.74 Å². The van der Waals surface area contributed by atoms with E-state index in [9.17, 15) is 13.2 Å². The van der Waals surface area contributed by atoms with Gasteiger partial charge in [-0.25, -0.2) is 13.2 Å². The average molecular weight is 374 g/mol. The lowest BCUT2D eigenvalue weighted by atomic mass is 9.99. The van der Waals surface area contributed by atoms with Crippen molar-refractivity contribution in [3.05, 3.63) is 65.2 Å². The number of carbonyl (C=O) groups excluding carboxylic acids is 1. The third-order valence-electron chi connectivity index (χ3n) is 4.61. The normalized spacial score (nSPS) is 19.8. The summed E-state index contributed by atoms with van der Waals surface area (Å²) in [5, 5.41) is 0. The Morgan fingerprint density at radius 1 is 1.23 bits per heavy atom. The fourth-order valence-electron chi connectivity index (χ4n) is 3.22. The quantitative estimate of drug-likeness (QED) is 0.754. The van der Waals surface area contributed by atoms with Gasteiger partial charge >= 0.3 is 5.97 Å². The monoisotopic (exact) mass is 374 g/mol. The molecular weight excluding hydrogens is 350 g/mol. The van der Waals surface area contributed by atoms with Crippen molar-refractivity contribution in [1.29, 1.82) is 0 Å². The zero-order valence-corrected chi connectivity index (χ0v) is 15.7. The maximum atomic E-state index is 13.1. The van der Waals surface area contributed by atoms with Crippen LogP contribution in [0.3, 0.4) is 0 Å². The molecule has 0 N–H and O–H groups in total. The van der Waals surface area contributed by atoms with E-state index in [-0.39, 0.29) is 4.90 Å². The number of hydrogen-bond donors (Lipinski definition) is 0. The van der Waals surface area contributed by atoms with Crippen molar-refractivity contribution in [3.63, 3.8) is 0 Å². The van der Waals surface area contributed by atoms with Crippen LogP contribution in [0.25, 0.3) is 0 Å². The molecule has 26 heavy (non-hydrogen) atoms. The molecule has 2 aromatic rings. The fourth-order valence-corrected chi connectivity index (χ4v) is 4.87. The first-order chi connectivity index (χ1) is 12.9. The molecule has 2 aromatic carbocycles. The number of hydrogen-bond acceptors (Lipinski definition) is 4. The number of sulfonamides is 1. The molecule has 5 nitrogen and oxygen atoms in total. The van der Waals surface area contributed by atoms with Crippen molar-refractivity contribution in [2.75, 3.05) is 13.7 Å². The van der Waals surface area contributed by atoms with Gasteiger partial charge in [0, 0.05) is 14.0 Å². The SMILES string of the molecule is [2H][C@@H](c1ccccc1C(=O)OC)[C@@H]1CCCN1S(=O)(=O)c1ccc(C)cc1. The summed E-state index contributed by atoms with van der Waals surface area (Å²) < 4.78 is 41.2. The maximum absolute atomic E-state index is 13.1. The van der Waals surface area contributed by atoms with Gasteiger partial charge in [-0.05, 0) is 49.9 Å². The van der Waals surface area contributed by atoms with Crippen LogP contribution in [-0.4, -0.2) is 38.4 Å². The average Bonchev–Trinajstić information content (AvgIpc) is 3.18. The van der Waals surface area contributed by atoms with Crippen molar-refractivity contribution < 1.29 is 19.3 Å². The number of rotatable bonds is 5. The zero-order chi connectivity index (χ0) is 19.6. The van der Waals surface area contributed by atoms with Gasteiger partial charge in [-0.1, -0.05) is 35.9 Å². The third kappa shape index (κ3) is 3.66. The Morgan fingerprint density at radius 3 is 2.62 bits per heavy atom. The minimum absolute atomic E-state index is 0.230. The molecule has 1 aliphatic heterocycles. The first-order valence-electron chi connectivity index (χ1n) is 9.12. The molecular formula is C20H23NO4S. The second-order valence-corrected chi connectivity index (χ2v) is 8.27. The lowest BCUT2D eigenvalue weighted by Gasteiger charge is -2.25. The van der Waals surface area contributed by atoms with E-state index in [1.165, 1.54) is 11.4 Å². The minimum atomic E-state index is -3.70. The van der Waals surface area contributed by atoms with Crippen LogP contribution in [0.2, 0.25) is 0 Å². The molecule has 1 heterocycles. The lowest BCUT2D eigenvalue weighted by Crippen LogP contribution is -2.37. The van der Waals surface area contributed by atoms with Crippen LogP contribution >= 0.6 is 0 Å². The summed E-state index contributed by atoms with van der Waals surface area (Å²) in [4.78, 5) is 12.3. The van der Waals surface area contributed by atoms with Crippen LogP contribution in [0.15, 0.2) is 53.4 Å². The van der Waals surface area contributed by atoms with Gasteiger partial charge in [0.2, 0.25) is 10.0 Å². The maximum Gasteiger partial charge on any atom is 0.338 e. The predicted octanol–water partition coefficient (Wildman–Crippen LogP) is 3.18. The van der Waals surface area contributed by atoms with E-state index in [0.29, 0.717) is 30.5 Å². The van der Waals surface area contributed by atoms with E-state index in [4.69, 9.17) is 6.11 Å². The Hall–Kier alpha value is -2.18. The van der Waals surface area contributed by atoms with Gasteiger partial charge in [0.25, 0.3) is 0 Å². The van der Waals surface area contributed by atoms with Crippen LogP contribution in [0.1, 0.15) is 35.7 Å². The van der Waals surface area contributed by atoms with E-state index in [0.717, 1.165) is 5.56 Å². The molecule has 2 atom stereocenters. The molecule has 138 valence electrons. The lowest BCUT2D eigenvalue weighted by molar-refractivity contribution is 0.0599. The summed E-state index contributed by atoms with van der Waals surface area (Å²) in [6.07, 6.45) is 0.392. The number of aryl methyl sites for hydroxylation is 1. The van der Waals surface area contributed by atoms with Crippen LogP contribution < -0.4 is 0 Å². The Bertz CT molecular complexity index is 927. The molecule has 1 aliphatic rings. The Labute approximate surface area is 156 Å². The highest BCUT2D eigenvalue weighted by atomic mass is 32.2. The summed E-state index contributed by atoms with van der Waals surface area (Å²) in [6.45, 7) is 2.27. The number of carbonyl (C=O) groups is 1. The topological polar surface area (TPSA) is 63.7 Å². The van der Waals surface area contributed by atoms with Gasteiger partial charge in [0.1, 0.15) is 0 Å². The number of benzene rings is 2. The molecule has 1 saturated heterocycles. The Morgan fingerprint density at radius 2 is 1.92 bits per heavy atom. The molecule has 0 saturated carbocycles. The first-order valence-corrected chi connectivity index (χ1v) is 9.98. The van der Waals surface area contributed by atoms with Crippen molar-refractivity contribution in [3.8, 4) is 0 Å². The van der Waals surface area contributed by atoms with Crippen LogP contribution in [0.5, 0.6) is 0 Å². The minimum Gasteiger partial charge on any atom is -0.465 e. The molecule has 0 bridgehead atoms. The van der Waals surface area contributed by atoms with E-state index >= 15 is 0 Å². The zero-order valence-electron chi connectivity index (χ0n) is 15.9. The first kappa shape index (κ1) is 17.2. The van der Waals surface area contributed by atoms with Gasteiger partial charge in [0.15, 0.2) is 0 Å². The summed E-state index contributed by atoms with van der Waals surface area (Å²) in [5.41, 5.74) is 1.78. The van der Waals surface area contributed by atoms with E-state index in [1.807, 2.05) is 6.92 Å².